The van der Waals surface area contributed by atoms with Crippen molar-refractivity contribution in [2.75, 3.05) is 6.54 Å². The van der Waals surface area contributed by atoms with Gasteiger partial charge < -0.3 is 4.90 Å². The molecule has 148 valence electrons. The first-order valence-electron chi connectivity index (χ1n) is 10.3. The molecule has 5 rings (SSSR count). The summed E-state index contributed by atoms with van der Waals surface area (Å²) in [7, 11) is 0. The lowest BCUT2D eigenvalue weighted by Crippen LogP contribution is -2.37. The molecule has 1 unspecified atom stereocenters. The van der Waals surface area contributed by atoms with Crippen molar-refractivity contribution in [1.29, 1.82) is 0 Å². The Morgan fingerprint density at radius 1 is 0.966 bits per heavy atom. The largest absolute Gasteiger partial charge is 0.326 e. The van der Waals surface area contributed by atoms with Crippen LogP contribution < -0.4 is 5.56 Å². The van der Waals surface area contributed by atoms with Gasteiger partial charge in [-0.15, -0.1) is 0 Å². The van der Waals surface area contributed by atoms with E-state index in [0.717, 1.165) is 38.5 Å². The molecule has 2 aliphatic rings. The molecule has 1 aliphatic carbocycles. The van der Waals surface area contributed by atoms with Crippen LogP contribution in [0.25, 0.3) is 10.9 Å². The molecule has 0 N–H and O–H groups in total. The first-order chi connectivity index (χ1) is 14.2. The number of para-hydroxylation sites is 1. The van der Waals surface area contributed by atoms with Gasteiger partial charge in [-0.05, 0) is 43.9 Å². The van der Waals surface area contributed by atoms with Crippen LogP contribution in [-0.4, -0.2) is 36.9 Å². The number of aromatic nitrogens is 4. The molecule has 7 nitrogen and oxygen atoms in total. The third-order valence-corrected chi connectivity index (χ3v) is 6.09. The van der Waals surface area contributed by atoms with Gasteiger partial charge >= 0.3 is 0 Å². The Kier molecular flexibility index (Phi) is 4.58. The lowest BCUT2D eigenvalue weighted by Gasteiger charge is -2.28. The van der Waals surface area contributed by atoms with Gasteiger partial charge in [0.2, 0.25) is 5.82 Å². The van der Waals surface area contributed by atoms with Crippen LogP contribution in [0.4, 0.5) is 0 Å². The van der Waals surface area contributed by atoms with Crippen molar-refractivity contribution in [3.63, 3.8) is 0 Å². The van der Waals surface area contributed by atoms with Crippen LogP contribution in [0.5, 0.6) is 0 Å². The molecule has 3 heterocycles. The maximum Gasteiger partial charge on any atom is 0.292 e. The second-order valence-electron chi connectivity index (χ2n) is 7.83. The zero-order valence-electron chi connectivity index (χ0n) is 16.2. The average molecular weight is 389 g/mol. The van der Waals surface area contributed by atoms with Crippen LogP contribution in [0.3, 0.4) is 0 Å². The number of fused-ring (bicyclic) bond motifs is 1. The summed E-state index contributed by atoms with van der Waals surface area (Å²) in [4.78, 5) is 41.5. The van der Waals surface area contributed by atoms with E-state index in [9.17, 15) is 9.59 Å². The number of nitrogens with zero attached hydrogens (tertiary/aromatic N) is 5. The lowest BCUT2D eigenvalue weighted by atomic mass is 10.1. The van der Waals surface area contributed by atoms with E-state index in [1.807, 2.05) is 28.8 Å². The smallest absolute Gasteiger partial charge is 0.292 e. The lowest BCUT2D eigenvalue weighted by molar-refractivity contribution is 0.0712. The van der Waals surface area contributed by atoms with Gasteiger partial charge in [0.25, 0.3) is 11.5 Å². The van der Waals surface area contributed by atoms with Gasteiger partial charge in [-0.2, -0.15) is 0 Å². The molecule has 1 amide bonds. The number of amides is 1. The number of benzene rings is 1. The minimum absolute atomic E-state index is 0.00719. The van der Waals surface area contributed by atoms with E-state index in [2.05, 4.69) is 9.97 Å². The van der Waals surface area contributed by atoms with Gasteiger partial charge in [-0.3, -0.25) is 14.2 Å². The number of hydrogen-bond donors (Lipinski definition) is 0. The fraction of sp³-hybridized carbons (Fsp3) is 0.409. The van der Waals surface area contributed by atoms with E-state index < -0.39 is 0 Å². The van der Waals surface area contributed by atoms with Gasteiger partial charge in [0.1, 0.15) is 5.82 Å². The van der Waals surface area contributed by atoms with E-state index in [1.165, 1.54) is 0 Å². The standard InChI is InChI=1S/C22H23N5O2/c28-21-16-9-3-4-10-17(16)25-20(27(21)15-7-1-2-8-15)18-11-5-14-26(18)22(29)19-23-12-6-13-24-19/h3-4,6,9-10,12-13,15,18H,1-2,5,7-8,11,14H2. The highest BCUT2D eigenvalue weighted by atomic mass is 16.2. The monoisotopic (exact) mass is 389 g/mol. The van der Waals surface area contributed by atoms with Crippen molar-refractivity contribution in [2.45, 2.75) is 50.6 Å². The summed E-state index contributed by atoms with van der Waals surface area (Å²) in [6.45, 7) is 0.620. The summed E-state index contributed by atoms with van der Waals surface area (Å²) in [6.07, 6.45) is 9.02. The summed E-state index contributed by atoms with van der Waals surface area (Å²) < 4.78 is 1.89. The molecular weight excluding hydrogens is 366 g/mol. The molecule has 1 saturated heterocycles. The zero-order chi connectivity index (χ0) is 19.8. The fourth-order valence-electron chi connectivity index (χ4n) is 4.73. The molecule has 1 aromatic carbocycles. The van der Waals surface area contributed by atoms with Crippen LogP contribution in [0.2, 0.25) is 0 Å². The molecule has 0 bridgehead atoms. The molecule has 7 heteroatoms. The quantitative estimate of drug-likeness (QED) is 0.687. The Morgan fingerprint density at radius 2 is 1.72 bits per heavy atom. The normalized spacial score (nSPS) is 19.9. The summed E-state index contributed by atoms with van der Waals surface area (Å²) >= 11 is 0. The Bertz CT molecular complexity index is 1110. The molecule has 2 fully saturated rings. The van der Waals surface area contributed by atoms with Gasteiger partial charge in [0.05, 0.1) is 16.9 Å². The molecule has 1 aliphatic heterocycles. The molecule has 0 spiro atoms. The molecule has 29 heavy (non-hydrogen) atoms. The highest BCUT2D eigenvalue weighted by Gasteiger charge is 2.36. The second kappa shape index (κ2) is 7.39. The van der Waals surface area contributed by atoms with Crippen molar-refractivity contribution in [1.82, 2.24) is 24.4 Å². The zero-order valence-corrected chi connectivity index (χ0v) is 16.2. The maximum absolute atomic E-state index is 13.4. The van der Waals surface area contributed by atoms with Crippen molar-refractivity contribution in [3.8, 4) is 0 Å². The maximum atomic E-state index is 13.4. The van der Waals surface area contributed by atoms with E-state index in [4.69, 9.17) is 4.98 Å². The van der Waals surface area contributed by atoms with E-state index in [1.54, 1.807) is 23.4 Å². The van der Waals surface area contributed by atoms with Crippen LogP contribution in [0, 0.1) is 0 Å². The van der Waals surface area contributed by atoms with Crippen molar-refractivity contribution >= 4 is 16.8 Å². The van der Waals surface area contributed by atoms with Crippen molar-refractivity contribution < 1.29 is 4.79 Å². The number of hydrogen-bond acceptors (Lipinski definition) is 5. The molecule has 1 atom stereocenters. The van der Waals surface area contributed by atoms with Gasteiger partial charge in [0.15, 0.2) is 0 Å². The van der Waals surface area contributed by atoms with Crippen LogP contribution in [0.1, 0.15) is 67.1 Å². The molecule has 0 radical (unpaired) electrons. The van der Waals surface area contributed by atoms with E-state index in [-0.39, 0.29) is 29.4 Å². The Morgan fingerprint density at radius 3 is 2.52 bits per heavy atom. The van der Waals surface area contributed by atoms with Crippen LogP contribution >= 0.6 is 0 Å². The average Bonchev–Trinajstić information content (AvgIpc) is 3.46. The number of carbonyl (C=O) groups is 1. The summed E-state index contributed by atoms with van der Waals surface area (Å²) in [5.41, 5.74) is 0.699. The molecular formula is C22H23N5O2. The molecule has 3 aromatic rings. The Hall–Kier alpha value is -3.09. The summed E-state index contributed by atoms with van der Waals surface area (Å²) in [5.74, 6) is 0.700. The number of rotatable bonds is 3. The van der Waals surface area contributed by atoms with Crippen LogP contribution in [-0.2, 0) is 0 Å². The fourth-order valence-corrected chi connectivity index (χ4v) is 4.73. The second-order valence-corrected chi connectivity index (χ2v) is 7.83. The van der Waals surface area contributed by atoms with E-state index in [0.29, 0.717) is 23.3 Å². The van der Waals surface area contributed by atoms with Crippen LogP contribution in [0.15, 0.2) is 47.5 Å². The predicted molar refractivity (Wildman–Crippen MR) is 109 cm³/mol. The highest BCUT2D eigenvalue weighted by molar-refractivity contribution is 5.91. The third-order valence-electron chi connectivity index (χ3n) is 6.09. The van der Waals surface area contributed by atoms with Gasteiger partial charge in [0, 0.05) is 25.0 Å². The number of carbonyl (C=O) groups excluding carboxylic acids is 1. The SMILES string of the molecule is O=C(c1ncccn1)N1CCCC1c1nc2ccccc2c(=O)n1C1CCCC1. The Balaban J connectivity index is 1.64. The first kappa shape index (κ1) is 18.0. The first-order valence-corrected chi connectivity index (χ1v) is 10.3. The minimum Gasteiger partial charge on any atom is -0.326 e. The minimum atomic E-state index is -0.232. The number of likely N-dealkylation sites (tertiary alicyclic amines) is 1. The Labute approximate surface area is 168 Å². The predicted octanol–water partition coefficient (Wildman–Crippen LogP) is 3.28. The van der Waals surface area contributed by atoms with Crippen molar-refractivity contribution in [2.24, 2.45) is 0 Å². The van der Waals surface area contributed by atoms with Gasteiger partial charge in [-0.25, -0.2) is 15.0 Å². The van der Waals surface area contributed by atoms with Gasteiger partial charge in [-0.1, -0.05) is 25.0 Å². The highest BCUT2D eigenvalue weighted by Crippen LogP contribution is 2.36. The molecule has 1 saturated carbocycles. The summed E-state index contributed by atoms with van der Waals surface area (Å²) in [5, 5.41) is 0.644. The van der Waals surface area contributed by atoms with Crippen molar-refractivity contribution in [3.05, 3.63) is 64.7 Å². The third kappa shape index (κ3) is 3.10. The topological polar surface area (TPSA) is 81.0 Å². The summed E-state index contributed by atoms with van der Waals surface area (Å²) in [6, 6.07) is 9.11. The van der Waals surface area contributed by atoms with E-state index >= 15 is 0 Å². The molecule has 2 aromatic heterocycles.